The number of benzene rings is 3. The van der Waals surface area contributed by atoms with Crippen LogP contribution in [0.25, 0.3) is 10.8 Å². The standard InChI is InChI=1S/C25H24BrN3O/c26-21-11-13-22(14-12-21)29-25(15-5-1-2-6-16-25)27-24(28-29)23(30)20-10-9-18-7-3-4-8-19(18)17-20/h3-4,7-14,17H,1-2,5-6,15-16H2,(H,27,28). The fourth-order valence-electron chi connectivity index (χ4n) is 4.59. The van der Waals surface area contributed by atoms with Crippen LogP contribution in [-0.4, -0.2) is 17.3 Å². The molecule has 30 heavy (non-hydrogen) atoms. The molecule has 5 rings (SSSR count). The summed E-state index contributed by atoms with van der Waals surface area (Å²) in [5, 5.41) is 4.32. The first-order chi connectivity index (χ1) is 14.6. The minimum atomic E-state index is -0.397. The highest BCUT2D eigenvalue weighted by Gasteiger charge is 2.44. The molecule has 0 unspecified atom stereocenters. The number of amidine groups is 1. The van der Waals surface area contributed by atoms with Gasteiger partial charge in [0, 0.05) is 10.0 Å². The molecule has 1 saturated carbocycles. The molecule has 0 bridgehead atoms. The van der Waals surface area contributed by atoms with Crippen LogP contribution in [0.1, 0.15) is 48.9 Å². The van der Waals surface area contributed by atoms with Crippen LogP contribution in [0.2, 0.25) is 0 Å². The Bertz CT molecular complexity index is 1110. The first-order valence-corrected chi connectivity index (χ1v) is 11.4. The zero-order valence-corrected chi connectivity index (χ0v) is 18.4. The van der Waals surface area contributed by atoms with E-state index in [4.69, 9.17) is 4.99 Å². The van der Waals surface area contributed by atoms with Crippen LogP contribution in [0.5, 0.6) is 0 Å². The number of hydrogen-bond acceptors (Lipinski definition) is 4. The second-order valence-corrected chi connectivity index (χ2v) is 9.09. The van der Waals surface area contributed by atoms with Crippen molar-refractivity contribution in [1.29, 1.82) is 0 Å². The van der Waals surface area contributed by atoms with Gasteiger partial charge in [0.25, 0.3) is 0 Å². The van der Waals surface area contributed by atoms with E-state index >= 15 is 0 Å². The SMILES string of the molecule is O=C(C1=NC2(CCCCCC2)N(c2ccc(Br)cc2)N1)c1ccc2ccccc2c1. The molecule has 0 saturated heterocycles. The Morgan fingerprint density at radius 1 is 0.900 bits per heavy atom. The van der Waals surface area contributed by atoms with Gasteiger partial charge in [-0.2, -0.15) is 0 Å². The fourth-order valence-corrected chi connectivity index (χ4v) is 4.85. The minimum Gasteiger partial charge on any atom is -0.285 e. The summed E-state index contributed by atoms with van der Waals surface area (Å²) in [4.78, 5) is 18.5. The Morgan fingerprint density at radius 2 is 1.60 bits per heavy atom. The third-order valence-electron chi connectivity index (χ3n) is 6.17. The molecule has 1 fully saturated rings. The molecule has 1 heterocycles. The Hall–Kier alpha value is -2.66. The molecule has 1 aliphatic heterocycles. The number of carbonyl (C=O) groups excluding carboxylic acids is 1. The summed E-state index contributed by atoms with van der Waals surface area (Å²) < 4.78 is 1.04. The molecular formula is C25H24BrN3O. The molecule has 0 amide bonds. The predicted molar refractivity (Wildman–Crippen MR) is 126 cm³/mol. The summed E-state index contributed by atoms with van der Waals surface area (Å²) in [6.07, 6.45) is 6.58. The Morgan fingerprint density at radius 3 is 2.33 bits per heavy atom. The monoisotopic (exact) mass is 461 g/mol. The van der Waals surface area contributed by atoms with E-state index < -0.39 is 5.66 Å². The number of rotatable bonds is 3. The van der Waals surface area contributed by atoms with E-state index in [9.17, 15) is 4.79 Å². The second kappa shape index (κ2) is 7.88. The molecule has 1 aliphatic carbocycles. The maximum Gasteiger partial charge on any atom is 0.229 e. The topological polar surface area (TPSA) is 44.7 Å². The van der Waals surface area contributed by atoms with Crippen LogP contribution < -0.4 is 10.4 Å². The van der Waals surface area contributed by atoms with Crippen molar-refractivity contribution in [2.24, 2.45) is 4.99 Å². The van der Waals surface area contributed by atoms with Crippen LogP contribution in [0, 0.1) is 0 Å². The van der Waals surface area contributed by atoms with Gasteiger partial charge < -0.3 is 0 Å². The van der Waals surface area contributed by atoms with Gasteiger partial charge in [-0.3, -0.25) is 15.2 Å². The minimum absolute atomic E-state index is 0.0519. The van der Waals surface area contributed by atoms with Crippen LogP contribution >= 0.6 is 15.9 Å². The van der Waals surface area contributed by atoms with E-state index in [1.807, 2.05) is 48.5 Å². The lowest BCUT2D eigenvalue weighted by atomic mass is 10.00. The van der Waals surface area contributed by atoms with E-state index in [2.05, 4.69) is 44.6 Å². The van der Waals surface area contributed by atoms with E-state index in [1.54, 1.807) is 0 Å². The van der Waals surface area contributed by atoms with Gasteiger partial charge in [0.2, 0.25) is 5.78 Å². The van der Waals surface area contributed by atoms with Crippen molar-refractivity contribution in [2.75, 3.05) is 5.01 Å². The zero-order chi connectivity index (χ0) is 20.6. The number of aliphatic imine (C=N–C) groups is 1. The van der Waals surface area contributed by atoms with Gasteiger partial charge in [0.05, 0.1) is 5.69 Å². The summed E-state index contributed by atoms with van der Waals surface area (Å²) in [5.74, 6) is 0.388. The number of anilines is 1. The normalized spacial score (nSPS) is 18.2. The van der Waals surface area contributed by atoms with Crippen molar-refractivity contribution in [3.05, 3.63) is 76.8 Å². The summed E-state index contributed by atoms with van der Waals surface area (Å²) >= 11 is 3.52. The summed E-state index contributed by atoms with van der Waals surface area (Å²) in [5.41, 5.74) is 4.68. The number of nitrogens with zero attached hydrogens (tertiary/aromatic N) is 2. The van der Waals surface area contributed by atoms with Crippen LogP contribution in [0.3, 0.4) is 0 Å². The van der Waals surface area contributed by atoms with E-state index in [1.165, 1.54) is 12.8 Å². The number of hydrogen-bond donors (Lipinski definition) is 1. The Labute approximate surface area is 185 Å². The lowest BCUT2D eigenvalue weighted by Crippen LogP contribution is -2.50. The maximum atomic E-state index is 13.4. The van der Waals surface area contributed by atoms with Crippen molar-refractivity contribution < 1.29 is 4.79 Å². The van der Waals surface area contributed by atoms with Crippen molar-refractivity contribution in [3.8, 4) is 0 Å². The molecule has 2 aliphatic rings. The van der Waals surface area contributed by atoms with Gasteiger partial charge in [-0.15, -0.1) is 0 Å². The lowest BCUT2D eigenvalue weighted by Gasteiger charge is -2.36. The molecule has 152 valence electrons. The number of ketones is 1. The predicted octanol–water partition coefficient (Wildman–Crippen LogP) is 6.26. The molecule has 3 aromatic carbocycles. The van der Waals surface area contributed by atoms with Gasteiger partial charge in [0.1, 0.15) is 0 Å². The molecular weight excluding hydrogens is 438 g/mol. The highest BCUT2D eigenvalue weighted by molar-refractivity contribution is 9.10. The first kappa shape index (κ1) is 19.3. The molecule has 1 spiro atoms. The van der Waals surface area contributed by atoms with Gasteiger partial charge in [-0.05, 0) is 66.8 Å². The summed E-state index contributed by atoms with van der Waals surface area (Å²) in [6.45, 7) is 0. The Balaban J connectivity index is 1.52. The maximum absolute atomic E-state index is 13.4. The highest BCUT2D eigenvalue weighted by Crippen LogP contribution is 2.39. The summed E-state index contributed by atoms with van der Waals surface area (Å²) in [6, 6.07) is 22.2. The second-order valence-electron chi connectivity index (χ2n) is 8.17. The van der Waals surface area contributed by atoms with E-state index in [-0.39, 0.29) is 5.78 Å². The van der Waals surface area contributed by atoms with Gasteiger partial charge in [-0.25, -0.2) is 4.99 Å². The number of carbonyl (C=O) groups is 1. The number of Topliss-reactive ketones (excluding diaryl/α,β-unsaturated/α-hetero) is 1. The third-order valence-corrected chi connectivity index (χ3v) is 6.70. The molecule has 0 aromatic heterocycles. The van der Waals surface area contributed by atoms with Gasteiger partial charge >= 0.3 is 0 Å². The highest BCUT2D eigenvalue weighted by atomic mass is 79.9. The smallest absolute Gasteiger partial charge is 0.229 e. The largest absolute Gasteiger partial charge is 0.285 e. The van der Waals surface area contributed by atoms with Gasteiger partial charge in [-0.1, -0.05) is 65.2 Å². The number of halogens is 1. The van der Waals surface area contributed by atoms with Crippen LogP contribution in [0.15, 0.2) is 76.2 Å². The molecule has 5 heteroatoms. The number of fused-ring (bicyclic) bond motifs is 1. The Kier molecular flexibility index (Phi) is 5.07. The van der Waals surface area contributed by atoms with Crippen molar-refractivity contribution in [3.63, 3.8) is 0 Å². The summed E-state index contributed by atoms with van der Waals surface area (Å²) in [7, 11) is 0. The van der Waals surface area contributed by atoms with Crippen molar-refractivity contribution >= 4 is 44.0 Å². The third kappa shape index (κ3) is 3.52. The van der Waals surface area contributed by atoms with Crippen molar-refractivity contribution in [2.45, 2.75) is 44.2 Å². The molecule has 4 nitrogen and oxygen atoms in total. The van der Waals surface area contributed by atoms with E-state index in [0.29, 0.717) is 11.4 Å². The first-order valence-electron chi connectivity index (χ1n) is 10.6. The van der Waals surface area contributed by atoms with Crippen molar-refractivity contribution in [1.82, 2.24) is 5.43 Å². The average Bonchev–Trinajstić information content (AvgIpc) is 2.98. The molecule has 0 radical (unpaired) electrons. The van der Waals surface area contributed by atoms with Crippen LogP contribution in [-0.2, 0) is 0 Å². The van der Waals surface area contributed by atoms with Gasteiger partial charge in [0.15, 0.2) is 11.5 Å². The average molecular weight is 462 g/mol. The van der Waals surface area contributed by atoms with Crippen LogP contribution in [0.4, 0.5) is 5.69 Å². The zero-order valence-electron chi connectivity index (χ0n) is 16.8. The number of hydrazine groups is 1. The molecule has 1 N–H and O–H groups in total. The van der Waals surface area contributed by atoms with E-state index in [0.717, 1.165) is 46.6 Å². The quantitative estimate of drug-likeness (QED) is 0.468. The fraction of sp³-hybridized carbons (Fsp3) is 0.280. The molecule has 0 atom stereocenters. The lowest BCUT2D eigenvalue weighted by molar-refractivity contribution is 0.106. The molecule has 3 aromatic rings. The number of nitrogens with one attached hydrogen (secondary N) is 1.